The van der Waals surface area contributed by atoms with E-state index in [1.807, 2.05) is 0 Å². The van der Waals surface area contributed by atoms with Crippen molar-refractivity contribution < 1.29 is 80.3 Å². The Balaban J connectivity index is 0.0000102. The summed E-state index contributed by atoms with van der Waals surface area (Å²) in [5.74, 6) is -1.47. The predicted octanol–water partition coefficient (Wildman–Crippen LogP) is 2.01. The van der Waals surface area contributed by atoms with Crippen molar-refractivity contribution in [1.82, 2.24) is 0 Å². The number of carbonyl (C=O) groups is 2. The first-order chi connectivity index (χ1) is 14.7. The van der Waals surface area contributed by atoms with Gasteiger partial charge >= 0.3 is 63.4 Å². The van der Waals surface area contributed by atoms with Crippen LogP contribution in [0.5, 0.6) is 0 Å². The predicted molar refractivity (Wildman–Crippen MR) is 124 cm³/mol. The summed E-state index contributed by atoms with van der Waals surface area (Å²) in [7, 11) is 0. The molecule has 0 saturated heterocycles. The Bertz CT molecular complexity index is 862. The summed E-state index contributed by atoms with van der Waals surface area (Å²) in [5, 5.41) is 12.8. The Hall–Kier alpha value is -1.32. The van der Waals surface area contributed by atoms with Crippen LogP contribution in [0.4, 0.5) is 10.5 Å². The molecule has 1 aromatic carbocycles. The molecule has 0 bridgehead atoms. The number of para-hydroxylation sites is 1. The minimum atomic E-state index is -0.784. The van der Waals surface area contributed by atoms with Gasteiger partial charge in [-0.15, -0.1) is 0 Å². The number of hydrogen-bond acceptors (Lipinski definition) is 6. The van der Waals surface area contributed by atoms with Gasteiger partial charge in [-0.3, -0.25) is 0 Å². The third-order valence-electron chi connectivity index (χ3n) is 3.83. The number of esters is 1. The van der Waals surface area contributed by atoms with Crippen LogP contribution in [0.1, 0.15) is 67.9 Å². The molecule has 33 heavy (non-hydrogen) atoms. The first-order valence-corrected chi connectivity index (χ1v) is 10.7. The van der Waals surface area contributed by atoms with Crippen LogP contribution in [0, 0.1) is 5.92 Å². The third kappa shape index (κ3) is 11.1. The second kappa shape index (κ2) is 13.5. The van der Waals surface area contributed by atoms with Crippen molar-refractivity contribution in [3.05, 3.63) is 47.5 Å². The van der Waals surface area contributed by atoms with Crippen molar-refractivity contribution in [3.63, 3.8) is 0 Å². The normalized spacial score (nSPS) is 12.7. The van der Waals surface area contributed by atoms with Gasteiger partial charge in [-0.05, 0) is 71.8 Å². The Morgan fingerprint density at radius 2 is 1.58 bits per heavy atom. The van der Waals surface area contributed by atoms with Gasteiger partial charge in [-0.2, -0.15) is 0 Å². The van der Waals surface area contributed by atoms with Gasteiger partial charge < -0.3 is 19.3 Å². The van der Waals surface area contributed by atoms with Gasteiger partial charge in [-0.1, -0.05) is 39.0 Å². The topological polar surface area (TPSA) is 88.1 Å². The molecule has 0 aliphatic carbocycles. The molecule has 0 unspecified atom stereocenters. The van der Waals surface area contributed by atoms with Crippen molar-refractivity contribution in [1.29, 1.82) is 0 Å². The Morgan fingerprint density at radius 1 is 1.03 bits per heavy atom. The first-order valence-electron chi connectivity index (χ1n) is 10.7. The number of anilines is 1. The molecular weight excluding hydrogens is 449 g/mol. The number of amides is 1. The Kier molecular flexibility index (Phi) is 13.0. The molecule has 0 N–H and O–H groups in total. The van der Waals surface area contributed by atoms with E-state index in [2.05, 4.69) is 0 Å². The van der Waals surface area contributed by atoms with E-state index in [1.165, 1.54) is 11.0 Å². The average Bonchev–Trinajstić information content (AvgIpc) is 2.61. The molecule has 1 rings (SSSR count). The van der Waals surface area contributed by atoms with Gasteiger partial charge in [-0.25, -0.2) is 14.5 Å². The zero-order chi connectivity index (χ0) is 24.7. The van der Waals surface area contributed by atoms with Crippen molar-refractivity contribution in [2.24, 2.45) is 5.92 Å². The summed E-state index contributed by atoms with van der Waals surface area (Å²) in [4.78, 5) is 26.7. The van der Waals surface area contributed by atoms with E-state index in [0.29, 0.717) is 11.3 Å². The molecule has 0 atom stereocenters. The maximum Gasteiger partial charge on any atom is 1.00 e. The minimum absolute atomic E-state index is 0. The molecule has 178 valence electrons. The standard InChI is InChI=1S/C25H37NO6.K/c1-10-30-22(28)21(17(2)3)26(23(29)32-25(7,8)9)19-14-12-11-13-18(19)15-16-20(27)31-24(4,5)6;/h11-17,28H,10H2,1-9H3;/q;+1/p-1/b16-15+,22-21?;. The number of rotatable bonds is 7. The van der Waals surface area contributed by atoms with Gasteiger partial charge in [0, 0.05) is 6.08 Å². The minimum Gasteiger partial charge on any atom is -0.612 e. The molecule has 0 spiro atoms. The number of allylic oxidation sites excluding steroid dienone is 1. The molecule has 0 aliphatic rings. The van der Waals surface area contributed by atoms with E-state index in [4.69, 9.17) is 14.2 Å². The third-order valence-corrected chi connectivity index (χ3v) is 3.83. The summed E-state index contributed by atoms with van der Waals surface area (Å²) >= 11 is 0. The van der Waals surface area contributed by atoms with Crippen LogP contribution in [0.25, 0.3) is 6.08 Å². The van der Waals surface area contributed by atoms with E-state index >= 15 is 0 Å². The molecule has 0 fully saturated rings. The molecule has 0 heterocycles. The summed E-state index contributed by atoms with van der Waals surface area (Å²) in [6, 6.07) is 6.92. The fraction of sp³-hybridized carbons (Fsp3) is 0.520. The number of nitrogens with zero attached hydrogens (tertiary/aromatic N) is 1. The molecule has 8 heteroatoms. The van der Waals surface area contributed by atoms with Crippen molar-refractivity contribution in [3.8, 4) is 0 Å². The number of hydrogen-bond donors (Lipinski definition) is 0. The van der Waals surface area contributed by atoms with Crippen LogP contribution in [-0.4, -0.2) is 29.9 Å². The van der Waals surface area contributed by atoms with Crippen LogP contribution in [0.15, 0.2) is 42.0 Å². The monoisotopic (exact) mass is 485 g/mol. The quantitative estimate of drug-likeness (QED) is 0.254. The summed E-state index contributed by atoms with van der Waals surface area (Å²) in [5.41, 5.74) is -0.358. The van der Waals surface area contributed by atoms with E-state index in [-0.39, 0.29) is 69.6 Å². The largest absolute Gasteiger partial charge is 1.00 e. The van der Waals surface area contributed by atoms with E-state index in [0.717, 1.165) is 0 Å². The summed E-state index contributed by atoms with van der Waals surface area (Å²) in [6.07, 6.45) is 2.12. The van der Waals surface area contributed by atoms with Crippen LogP contribution in [0.3, 0.4) is 0 Å². The van der Waals surface area contributed by atoms with Crippen molar-refractivity contribution in [2.75, 3.05) is 11.5 Å². The molecule has 0 saturated carbocycles. The van der Waals surface area contributed by atoms with Crippen LogP contribution in [0.2, 0.25) is 0 Å². The van der Waals surface area contributed by atoms with Crippen molar-refractivity contribution in [2.45, 2.75) is 73.5 Å². The second-order valence-electron chi connectivity index (χ2n) is 9.50. The number of benzene rings is 1. The fourth-order valence-corrected chi connectivity index (χ4v) is 2.75. The summed E-state index contributed by atoms with van der Waals surface area (Å²) in [6.45, 7) is 16.0. The molecule has 0 aliphatic heterocycles. The smallest absolute Gasteiger partial charge is 0.612 e. The number of carbonyl (C=O) groups excluding carboxylic acids is 2. The van der Waals surface area contributed by atoms with Gasteiger partial charge in [0.15, 0.2) is 0 Å². The molecule has 7 nitrogen and oxygen atoms in total. The zero-order valence-electron chi connectivity index (χ0n) is 21.6. The van der Waals surface area contributed by atoms with Crippen molar-refractivity contribution >= 4 is 23.8 Å². The van der Waals surface area contributed by atoms with Gasteiger partial charge in [0.25, 0.3) is 0 Å². The van der Waals surface area contributed by atoms with Gasteiger partial charge in [0.05, 0.1) is 17.3 Å². The SMILES string of the molecule is CCOC([O-])=C(C(C)C)N(C(=O)OC(C)(C)C)c1ccccc1/C=C/C(=O)OC(C)(C)C.[K+]. The maximum atomic E-state index is 13.3. The Morgan fingerprint density at radius 3 is 2.06 bits per heavy atom. The fourth-order valence-electron chi connectivity index (χ4n) is 2.75. The molecule has 1 aromatic rings. The number of ether oxygens (including phenoxy) is 3. The molecule has 1 amide bonds. The van der Waals surface area contributed by atoms with E-state index in [1.54, 1.807) is 92.7 Å². The van der Waals surface area contributed by atoms with Gasteiger partial charge in [0.2, 0.25) is 0 Å². The Labute approximate surface area is 240 Å². The van der Waals surface area contributed by atoms with E-state index in [9.17, 15) is 14.7 Å². The van der Waals surface area contributed by atoms with Crippen LogP contribution < -0.4 is 61.4 Å². The maximum absolute atomic E-state index is 13.3. The van der Waals surface area contributed by atoms with E-state index < -0.39 is 29.2 Å². The molecular formula is C25H36KNO6. The average molecular weight is 486 g/mol. The van der Waals surface area contributed by atoms with Crippen LogP contribution in [-0.2, 0) is 19.0 Å². The van der Waals surface area contributed by atoms with Gasteiger partial charge in [0.1, 0.15) is 11.2 Å². The zero-order valence-corrected chi connectivity index (χ0v) is 24.8. The first kappa shape index (κ1) is 31.7. The van der Waals surface area contributed by atoms with Crippen LogP contribution >= 0.6 is 0 Å². The summed E-state index contributed by atoms with van der Waals surface area (Å²) < 4.78 is 16.1. The molecule has 0 radical (unpaired) electrons. The second-order valence-corrected chi connectivity index (χ2v) is 9.50. The molecule has 0 aromatic heterocycles.